The molecule has 3 rings (SSSR count). The van der Waals surface area contributed by atoms with Crippen LogP contribution in [-0.2, 0) is 0 Å². The molecule has 0 N–H and O–H groups in total. The van der Waals surface area contributed by atoms with Gasteiger partial charge in [0.15, 0.2) is 11.6 Å². The van der Waals surface area contributed by atoms with Gasteiger partial charge in [-0.15, -0.1) is 0 Å². The molecule has 0 saturated carbocycles. The first-order valence-electron chi connectivity index (χ1n) is 9.11. The van der Waals surface area contributed by atoms with Crippen LogP contribution in [0.2, 0.25) is 0 Å². The molecule has 140 valence electrons. The van der Waals surface area contributed by atoms with Gasteiger partial charge < -0.3 is 4.74 Å². The van der Waals surface area contributed by atoms with Gasteiger partial charge in [0.25, 0.3) is 0 Å². The van der Waals surface area contributed by atoms with E-state index in [1.54, 1.807) is 37.5 Å². The summed E-state index contributed by atoms with van der Waals surface area (Å²) in [4.78, 5) is 25.5. The summed E-state index contributed by atoms with van der Waals surface area (Å²) >= 11 is 0. The molecule has 0 aliphatic heterocycles. The average molecular weight is 370 g/mol. The SMILES string of the molecule is COc1ccc(C(=O)C/C(=C\C(=O)c2ccc(C)cc2)c2ccccc2)cc1. The lowest BCUT2D eigenvalue weighted by atomic mass is 9.95. The van der Waals surface area contributed by atoms with Crippen LogP contribution in [0.1, 0.15) is 38.3 Å². The minimum atomic E-state index is -0.110. The number of methoxy groups -OCH3 is 1. The summed E-state index contributed by atoms with van der Waals surface area (Å²) in [7, 11) is 1.59. The molecule has 0 spiro atoms. The van der Waals surface area contributed by atoms with E-state index in [0.29, 0.717) is 22.4 Å². The van der Waals surface area contributed by atoms with E-state index >= 15 is 0 Å². The molecule has 0 aliphatic rings. The summed E-state index contributed by atoms with van der Waals surface area (Å²) < 4.78 is 5.14. The van der Waals surface area contributed by atoms with E-state index in [2.05, 4.69) is 0 Å². The third-order valence-electron chi connectivity index (χ3n) is 4.55. The highest BCUT2D eigenvalue weighted by atomic mass is 16.5. The Balaban J connectivity index is 1.89. The number of allylic oxidation sites excluding steroid dienone is 2. The first-order valence-corrected chi connectivity index (χ1v) is 9.11. The second-order valence-corrected chi connectivity index (χ2v) is 6.59. The smallest absolute Gasteiger partial charge is 0.186 e. The Morgan fingerprint density at radius 2 is 1.39 bits per heavy atom. The van der Waals surface area contributed by atoms with Crippen LogP contribution in [0.25, 0.3) is 5.57 Å². The Hall–Kier alpha value is -3.46. The molecule has 0 radical (unpaired) electrons. The predicted molar refractivity (Wildman–Crippen MR) is 112 cm³/mol. The van der Waals surface area contributed by atoms with Crippen molar-refractivity contribution >= 4 is 17.1 Å². The summed E-state index contributed by atoms with van der Waals surface area (Å²) in [6, 6.07) is 24.0. The van der Waals surface area contributed by atoms with E-state index in [-0.39, 0.29) is 18.0 Å². The minimum absolute atomic E-state index is 0.0468. The third-order valence-corrected chi connectivity index (χ3v) is 4.55. The quantitative estimate of drug-likeness (QED) is 0.405. The fourth-order valence-corrected chi connectivity index (χ4v) is 2.90. The fraction of sp³-hybridized carbons (Fsp3) is 0.120. The molecule has 3 aromatic carbocycles. The summed E-state index contributed by atoms with van der Waals surface area (Å²) in [6.45, 7) is 1.98. The van der Waals surface area contributed by atoms with Gasteiger partial charge in [-0.05, 0) is 48.4 Å². The van der Waals surface area contributed by atoms with Crippen LogP contribution in [-0.4, -0.2) is 18.7 Å². The normalized spacial score (nSPS) is 11.1. The second kappa shape index (κ2) is 8.96. The van der Waals surface area contributed by atoms with Gasteiger partial charge in [0.2, 0.25) is 0 Å². The van der Waals surface area contributed by atoms with Crippen LogP contribution in [0.5, 0.6) is 5.75 Å². The van der Waals surface area contributed by atoms with Crippen LogP contribution < -0.4 is 4.74 Å². The van der Waals surface area contributed by atoms with E-state index < -0.39 is 0 Å². The van der Waals surface area contributed by atoms with Crippen molar-refractivity contribution in [1.29, 1.82) is 0 Å². The highest BCUT2D eigenvalue weighted by Crippen LogP contribution is 2.23. The number of benzene rings is 3. The van der Waals surface area contributed by atoms with Gasteiger partial charge in [-0.1, -0.05) is 60.2 Å². The first-order chi connectivity index (χ1) is 13.6. The first kappa shape index (κ1) is 19.3. The zero-order valence-corrected chi connectivity index (χ0v) is 16.0. The number of rotatable bonds is 7. The topological polar surface area (TPSA) is 43.4 Å². The maximum Gasteiger partial charge on any atom is 0.186 e. The van der Waals surface area contributed by atoms with Gasteiger partial charge in [0.05, 0.1) is 7.11 Å². The number of hydrogen-bond donors (Lipinski definition) is 0. The second-order valence-electron chi connectivity index (χ2n) is 6.59. The van der Waals surface area contributed by atoms with Gasteiger partial charge >= 0.3 is 0 Å². The van der Waals surface area contributed by atoms with E-state index in [4.69, 9.17) is 4.74 Å². The van der Waals surface area contributed by atoms with Gasteiger partial charge in [-0.25, -0.2) is 0 Å². The molecule has 3 aromatic rings. The number of carbonyl (C=O) groups is 2. The van der Waals surface area contributed by atoms with Crippen molar-refractivity contribution < 1.29 is 14.3 Å². The lowest BCUT2D eigenvalue weighted by molar-refractivity contribution is 0.0998. The Kier molecular flexibility index (Phi) is 6.18. The molecule has 0 atom stereocenters. The predicted octanol–water partition coefficient (Wildman–Crippen LogP) is 5.54. The van der Waals surface area contributed by atoms with Crippen molar-refractivity contribution in [3.8, 4) is 5.75 Å². The minimum Gasteiger partial charge on any atom is -0.497 e. The monoisotopic (exact) mass is 370 g/mol. The lowest BCUT2D eigenvalue weighted by Crippen LogP contribution is -2.03. The Morgan fingerprint density at radius 1 is 0.786 bits per heavy atom. The molecule has 3 heteroatoms. The Bertz CT molecular complexity index is 982. The van der Waals surface area contributed by atoms with Gasteiger partial charge in [-0.3, -0.25) is 9.59 Å². The van der Waals surface area contributed by atoms with Crippen molar-refractivity contribution in [3.63, 3.8) is 0 Å². The lowest BCUT2D eigenvalue weighted by Gasteiger charge is -2.09. The van der Waals surface area contributed by atoms with Crippen molar-refractivity contribution in [3.05, 3.63) is 107 Å². The molecule has 0 saturated heterocycles. The standard InChI is InChI=1S/C25H22O3/c1-18-8-10-20(11-9-18)24(26)16-22(19-6-4-3-5-7-19)17-25(27)21-12-14-23(28-2)15-13-21/h3-16H,17H2,1-2H3/b22-16+. The van der Waals surface area contributed by atoms with Crippen LogP contribution in [0, 0.1) is 6.92 Å². The Morgan fingerprint density at radius 3 is 2.00 bits per heavy atom. The molecular formula is C25H22O3. The summed E-state index contributed by atoms with van der Waals surface area (Å²) in [6.07, 6.45) is 1.72. The maximum atomic E-state index is 12.8. The molecule has 0 amide bonds. The van der Waals surface area contributed by atoms with Crippen LogP contribution in [0.15, 0.2) is 84.9 Å². The van der Waals surface area contributed by atoms with E-state index in [0.717, 1.165) is 11.1 Å². The summed E-state index contributed by atoms with van der Waals surface area (Å²) in [5, 5.41) is 0. The zero-order valence-electron chi connectivity index (χ0n) is 16.0. The zero-order chi connectivity index (χ0) is 19.9. The summed E-state index contributed by atoms with van der Waals surface area (Å²) in [5.74, 6) is 0.542. The highest BCUT2D eigenvalue weighted by Gasteiger charge is 2.13. The molecule has 0 fully saturated rings. The number of aryl methyl sites for hydroxylation is 1. The van der Waals surface area contributed by atoms with E-state index in [1.165, 1.54) is 0 Å². The number of ether oxygens (including phenoxy) is 1. The molecule has 0 unspecified atom stereocenters. The van der Waals surface area contributed by atoms with Gasteiger partial charge in [0, 0.05) is 17.5 Å². The van der Waals surface area contributed by atoms with Crippen LogP contribution in [0.4, 0.5) is 0 Å². The van der Waals surface area contributed by atoms with Crippen molar-refractivity contribution in [2.75, 3.05) is 7.11 Å². The van der Waals surface area contributed by atoms with Gasteiger partial charge in [0.1, 0.15) is 5.75 Å². The number of ketones is 2. The molecule has 28 heavy (non-hydrogen) atoms. The van der Waals surface area contributed by atoms with E-state index in [1.807, 2.05) is 61.5 Å². The molecule has 0 aliphatic carbocycles. The number of hydrogen-bond acceptors (Lipinski definition) is 3. The van der Waals surface area contributed by atoms with Crippen molar-refractivity contribution in [1.82, 2.24) is 0 Å². The van der Waals surface area contributed by atoms with Crippen LogP contribution >= 0.6 is 0 Å². The Labute approximate surface area is 165 Å². The van der Waals surface area contributed by atoms with Crippen molar-refractivity contribution in [2.45, 2.75) is 13.3 Å². The molecule has 3 nitrogen and oxygen atoms in total. The number of carbonyl (C=O) groups excluding carboxylic acids is 2. The highest BCUT2D eigenvalue weighted by molar-refractivity contribution is 6.11. The molecule has 0 bridgehead atoms. The molecular weight excluding hydrogens is 348 g/mol. The van der Waals surface area contributed by atoms with Gasteiger partial charge in [-0.2, -0.15) is 0 Å². The fourth-order valence-electron chi connectivity index (χ4n) is 2.90. The van der Waals surface area contributed by atoms with Crippen molar-refractivity contribution in [2.24, 2.45) is 0 Å². The number of Topliss-reactive ketones (excluding diaryl/α,β-unsaturated/α-hetero) is 1. The summed E-state index contributed by atoms with van der Waals surface area (Å²) in [5.41, 5.74) is 3.86. The maximum absolute atomic E-state index is 12.8. The van der Waals surface area contributed by atoms with Crippen LogP contribution in [0.3, 0.4) is 0 Å². The molecule has 0 aromatic heterocycles. The van der Waals surface area contributed by atoms with E-state index in [9.17, 15) is 9.59 Å². The molecule has 0 heterocycles. The largest absolute Gasteiger partial charge is 0.497 e. The average Bonchev–Trinajstić information content (AvgIpc) is 2.74. The third kappa shape index (κ3) is 4.83.